The summed E-state index contributed by atoms with van der Waals surface area (Å²) in [5, 5.41) is 3.08. The van der Waals surface area contributed by atoms with Crippen LogP contribution in [-0.4, -0.2) is 17.1 Å². The number of nitrogens with one attached hydrogen (secondary N) is 1. The minimum atomic E-state index is -0.384. The molecule has 1 aliphatic heterocycles. The van der Waals surface area contributed by atoms with Crippen LogP contribution in [0.4, 0.5) is 0 Å². The Balaban J connectivity index is 1.36. The van der Waals surface area contributed by atoms with Crippen LogP contribution in [0.15, 0.2) is 57.7 Å². The van der Waals surface area contributed by atoms with Crippen molar-refractivity contribution in [2.45, 2.75) is 31.8 Å². The van der Waals surface area contributed by atoms with E-state index in [0.717, 1.165) is 23.3 Å². The van der Waals surface area contributed by atoms with Crippen molar-refractivity contribution in [2.75, 3.05) is 6.61 Å². The first-order chi connectivity index (χ1) is 12.7. The maximum absolute atomic E-state index is 12.3. The Morgan fingerprint density at radius 3 is 2.88 bits per heavy atom. The number of para-hydroxylation sites is 3. The third kappa shape index (κ3) is 3.22. The Bertz CT molecular complexity index is 989. The highest BCUT2D eigenvalue weighted by Crippen LogP contribution is 2.31. The predicted molar refractivity (Wildman–Crippen MR) is 97.1 cm³/mol. The van der Waals surface area contributed by atoms with E-state index in [1.54, 1.807) is 10.6 Å². The van der Waals surface area contributed by atoms with Gasteiger partial charge >= 0.3 is 5.76 Å². The van der Waals surface area contributed by atoms with Crippen LogP contribution in [0, 0.1) is 0 Å². The second-order valence-corrected chi connectivity index (χ2v) is 6.39. The molecule has 1 N–H and O–H groups in total. The summed E-state index contributed by atoms with van der Waals surface area (Å²) in [5.41, 5.74) is 2.35. The number of rotatable bonds is 5. The summed E-state index contributed by atoms with van der Waals surface area (Å²) < 4.78 is 12.4. The van der Waals surface area contributed by atoms with Crippen LogP contribution in [0.1, 0.15) is 30.9 Å². The number of hydrogen-bond donors (Lipinski definition) is 1. The Morgan fingerprint density at radius 1 is 1.15 bits per heavy atom. The van der Waals surface area contributed by atoms with E-state index in [1.165, 1.54) is 0 Å². The number of hydrogen-bond acceptors (Lipinski definition) is 4. The molecule has 1 aromatic heterocycles. The van der Waals surface area contributed by atoms with Crippen LogP contribution in [0.3, 0.4) is 0 Å². The number of benzene rings is 2. The number of nitrogens with zero attached hydrogens (tertiary/aromatic N) is 1. The Morgan fingerprint density at radius 2 is 1.96 bits per heavy atom. The molecule has 0 fully saturated rings. The minimum absolute atomic E-state index is 0.0208. The Labute approximate surface area is 150 Å². The van der Waals surface area contributed by atoms with Crippen molar-refractivity contribution in [3.63, 3.8) is 0 Å². The SMILES string of the molecule is O=C(CCCn1c(=O)oc2ccccc21)NC1CCOc2ccccc21. The zero-order valence-corrected chi connectivity index (χ0v) is 14.3. The maximum atomic E-state index is 12.3. The lowest BCUT2D eigenvalue weighted by molar-refractivity contribution is -0.122. The lowest BCUT2D eigenvalue weighted by atomic mass is 10.0. The van der Waals surface area contributed by atoms with E-state index in [4.69, 9.17) is 9.15 Å². The van der Waals surface area contributed by atoms with Gasteiger partial charge in [-0.05, 0) is 24.6 Å². The van der Waals surface area contributed by atoms with Gasteiger partial charge in [-0.2, -0.15) is 0 Å². The van der Waals surface area contributed by atoms with Crippen molar-refractivity contribution in [1.82, 2.24) is 9.88 Å². The number of carbonyl (C=O) groups excluding carboxylic acids is 1. The molecular formula is C20H20N2O4. The zero-order valence-electron chi connectivity index (χ0n) is 14.3. The van der Waals surface area contributed by atoms with Gasteiger partial charge in [-0.1, -0.05) is 30.3 Å². The lowest BCUT2D eigenvalue weighted by Crippen LogP contribution is -2.32. The number of aryl methyl sites for hydroxylation is 1. The molecule has 26 heavy (non-hydrogen) atoms. The smallest absolute Gasteiger partial charge is 0.419 e. The molecule has 2 heterocycles. The highest BCUT2D eigenvalue weighted by molar-refractivity contribution is 5.76. The quantitative estimate of drug-likeness (QED) is 0.766. The summed E-state index contributed by atoms with van der Waals surface area (Å²) in [6.07, 6.45) is 1.68. The second-order valence-electron chi connectivity index (χ2n) is 6.39. The fraction of sp³-hybridized carbons (Fsp3) is 0.300. The molecule has 134 valence electrons. The van der Waals surface area contributed by atoms with Crippen LogP contribution in [0.2, 0.25) is 0 Å². The Kier molecular flexibility index (Phi) is 4.48. The molecule has 0 bridgehead atoms. The summed E-state index contributed by atoms with van der Waals surface area (Å²) in [5.74, 6) is 0.429. The van der Waals surface area contributed by atoms with E-state index in [9.17, 15) is 9.59 Å². The van der Waals surface area contributed by atoms with Gasteiger partial charge in [0.1, 0.15) is 5.75 Å². The van der Waals surface area contributed by atoms with Crippen molar-refractivity contribution in [1.29, 1.82) is 0 Å². The van der Waals surface area contributed by atoms with E-state index < -0.39 is 0 Å². The molecule has 6 nitrogen and oxygen atoms in total. The van der Waals surface area contributed by atoms with E-state index in [-0.39, 0.29) is 17.7 Å². The zero-order chi connectivity index (χ0) is 17.9. The topological polar surface area (TPSA) is 73.5 Å². The van der Waals surface area contributed by atoms with Crippen molar-refractivity contribution in [2.24, 2.45) is 0 Å². The largest absolute Gasteiger partial charge is 0.493 e. The van der Waals surface area contributed by atoms with Crippen molar-refractivity contribution in [3.05, 3.63) is 64.6 Å². The van der Waals surface area contributed by atoms with Gasteiger partial charge in [0.2, 0.25) is 5.91 Å². The van der Waals surface area contributed by atoms with Crippen LogP contribution < -0.4 is 15.8 Å². The number of aromatic nitrogens is 1. The molecule has 2 aromatic carbocycles. The first kappa shape index (κ1) is 16.4. The van der Waals surface area contributed by atoms with Gasteiger partial charge in [-0.3, -0.25) is 9.36 Å². The molecule has 3 aromatic rings. The molecule has 1 atom stereocenters. The monoisotopic (exact) mass is 352 g/mol. The summed E-state index contributed by atoms with van der Waals surface area (Å²) in [6, 6.07) is 15.1. The van der Waals surface area contributed by atoms with Gasteiger partial charge < -0.3 is 14.5 Å². The number of oxazole rings is 1. The van der Waals surface area contributed by atoms with Gasteiger partial charge in [0, 0.05) is 24.9 Å². The first-order valence-corrected chi connectivity index (χ1v) is 8.82. The van der Waals surface area contributed by atoms with E-state index >= 15 is 0 Å². The first-order valence-electron chi connectivity index (χ1n) is 8.82. The summed E-state index contributed by atoms with van der Waals surface area (Å²) in [6.45, 7) is 1.05. The lowest BCUT2D eigenvalue weighted by Gasteiger charge is -2.26. The molecule has 0 saturated heterocycles. The van der Waals surface area contributed by atoms with E-state index in [0.29, 0.717) is 31.6 Å². The van der Waals surface area contributed by atoms with Crippen LogP contribution in [-0.2, 0) is 11.3 Å². The van der Waals surface area contributed by atoms with Crippen molar-refractivity contribution >= 4 is 17.0 Å². The number of fused-ring (bicyclic) bond motifs is 2. The van der Waals surface area contributed by atoms with Crippen LogP contribution in [0.25, 0.3) is 11.1 Å². The molecular weight excluding hydrogens is 332 g/mol. The summed E-state index contributed by atoms with van der Waals surface area (Å²) >= 11 is 0. The highest BCUT2D eigenvalue weighted by atomic mass is 16.5. The number of amides is 1. The number of ether oxygens (including phenoxy) is 1. The second kappa shape index (κ2) is 7.07. The fourth-order valence-corrected chi connectivity index (χ4v) is 3.38. The van der Waals surface area contributed by atoms with E-state index in [1.807, 2.05) is 42.5 Å². The van der Waals surface area contributed by atoms with Gasteiger partial charge in [0.25, 0.3) is 0 Å². The molecule has 1 unspecified atom stereocenters. The highest BCUT2D eigenvalue weighted by Gasteiger charge is 2.22. The average molecular weight is 352 g/mol. The van der Waals surface area contributed by atoms with Gasteiger partial charge in [-0.25, -0.2) is 4.79 Å². The predicted octanol–water partition coefficient (Wildman–Crippen LogP) is 3.01. The Hall–Kier alpha value is -3.02. The minimum Gasteiger partial charge on any atom is -0.493 e. The summed E-state index contributed by atoms with van der Waals surface area (Å²) in [4.78, 5) is 24.3. The molecule has 1 amide bonds. The molecule has 1 aliphatic rings. The van der Waals surface area contributed by atoms with Gasteiger partial charge in [0.05, 0.1) is 18.2 Å². The average Bonchev–Trinajstić information content (AvgIpc) is 2.98. The molecule has 0 saturated carbocycles. The normalized spacial score (nSPS) is 16.1. The van der Waals surface area contributed by atoms with Crippen LogP contribution in [0.5, 0.6) is 5.75 Å². The standard InChI is InChI=1S/C20H20N2O4/c23-19(21-15-11-13-25-17-8-3-1-6-14(15)17)10-5-12-22-16-7-2-4-9-18(16)26-20(22)24/h1-4,6-9,15H,5,10-13H2,(H,21,23). The number of carbonyl (C=O) groups is 1. The van der Waals surface area contributed by atoms with Crippen molar-refractivity contribution < 1.29 is 13.9 Å². The maximum Gasteiger partial charge on any atom is 0.419 e. The van der Waals surface area contributed by atoms with Crippen LogP contribution >= 0.6 is 0 Å². The molecule has 4 rings (SSSR count). The third-order valence-electron chi connectivity index (χ3n) is 4.65. The van der Waals surface area contributed by atoms with Gasteiger partial charge in [-0.15, -0.1) is 0 Å². The molecule has 6 heteroatoms. The van der Waals surface area contributed by atoms with Gasteiger partial charge in [0.15, 0.2) is 5.58 Å². The summed E-state index contributed by atoms with van der Waals surface area (Å²) in [7, 11) is 0. The van der Waals surface area contributed by atoms with E-state index in [2.05, 4.69) is 5.32 Å². The third-order valence-corrected chi connectivity index (χ3v) is 4.65. The molecule has 0 spiro atoms. The molecule has 0 radical (unpaired) electrons. The van der Waals surface area contributed by atoms with Crippen molar-refractivity contribution in [3.8, 4) is 5.75 Å². The fourth-order valence-electron chi connectivity index (χ4n) is 3.38. The molecule has 0 aliphatic carbocycles.